The molecule has 0 aromatic carbocycles. The Balaban J connectivity index is 1.32. The van der Waals surface area contributed by atoms with Crippen molar-refractivity contribution < 1.29 is 14.0 Å². The largest absolute Gasteiger partial charge is 0.381 e. The van der Waals surface area contributed by atoms with Crippen molar-refractivity contribution in [3.63, 3.8) is 0 Å². The number of unbranched alkanes of at least 4 members (excludes halogenated alkanes) is 14. The van der Waals surface area contributed by atoms with Crippen molar-refractivity contribution in [2.45, 2.75) is 135 Å². The van der Waals surface area contributed by atoms with Gasteiger partial charge in [-0.05, 0) is 75.6 Å². The summed E-state index contributed by atoms with van der Waals surface area (Å²) in [6.45, 7) is 5.55. The second-order valence-corrected chi connectivity index (χ2v) is 11.7. The fourth-order valence-electron chi connectivity index (χ4n) is 5.34. The van der Waals surface area contributed by atoms with Gasteiger partial charge in [-0.1, -0.05) is 76.7 Å². The van der Waals surface area contributed by atoms with Gasteiger partial charge >= 0.3 is 0 Å². The summed E-state index contributed by atoms with van der Waals surface area (Å²) in [6.07, 6.45) is 33.7. The third-order valence-corrected chi connectivity index (χ3v) is 7.85. The summed E-state index contributed by atoms with van der Waals surface area (Å²) in [5, 5.41) is 0. The summed E-state index contributed by atoms with van der Waals surface area (Å²) in [5.41, 5.74) is 8.28. The molecule has 2 aromatic heterocycles. The minimum atomic E-state index is 0.843. The van der Waals surface area contributed by atoms with Gasteiger partial charge in [-0.25, -0.2) is 4.57 Å². The Morgan fingerprint density at radius 2 is 1.07 bits per heavy atom. The highest BCUT2D eigenvalue weighted by molar-refractivity contribution is 5.08. The van der Waals surface area contributed by atoms with Crippen molar-refractivity contribution in [1.82, 2.24) is 4.98 Å². The van der Waals surface area contributed by atoms with Gasteiger partial charge in [-0.3, -0.25) is 4.98 Å². The molecular weight excluding hydrogens is 506 g/mol. The molecule has 0 saturated heterocycles. The SMILES string of the molecule is NCCCCCCCCCCOCCCc1ccc[n+](CCCCCCCCCCOCCCc2cccnc2)c1. The predicted octanol–water partition coefficient (Wildman–Crippen LogP) is 8.17. The molecule has 2 aromatic rings. The van der Waals surface area contributed by atoms with Crippen LogP contribution in [0.4, 0.5) is 0 Å². The summed E-state index contributed by atoms with van der Waals surface area (Å²) in [4.78, 5) is 4.16. The van der Waals surface area contributed by atoms with Crippen molar-refractivity contribution >= 4 is 0 Å². The minimum absolute atomic E-state index is 0.843. The number of aryl methyl sites for hydroxylation is 3. The minimum Gasteiger partial charge on any atom is -0.381 e. The van der Waals surface area contributed by atoms with E-state index in [9.17, 15) is 0 Å². The standard InChI is InChI=1S/C36H62N3O2/c37-25-13-9-5-1-3-7-11-16-30-41-32-20-24-36-22-18-28-39(34-36)27-14-10-6-2-4-8-12-15-29-40-31-19-23-35-21-17-26-38-33-35/h17-18,21-22,26,28,33-34H,1-16,19-20,23-25,27,29-32,37H2/q+1. The first-order chi connectivity index (χ1) is 20.4. The average Bonchev–Trinajstić information content (AvgIpc) is 3.00. The number of aromatic nitrogens is 2. The van der Waals surface area contributed by atoms with E-state index in [1.807, 2.05) is 18.5 Å². The van der Waals surface area contributed by atoms with Crippen LogP contribution in [0.1, 0.15) is 127 Å². The molecular formula is C36H62N3O2+. The first-order valence-corrected chi connectivity index (χ1v) is 17.1. The maximum absolute atomic E-state index is 5.88. The highest BCUT2D eigenvalue weighted by Gasteiger charge is 2.04. The third kappa shape index (κ3) is 21.5. The van der Waals surface area contributed by atoms with Crippen molar-refractivity contribution in [2.24, 2.45) is 5.73 Å². The van der Waals surface area contributed by atoms with E-state index in [2.05, 4.69) is 40.1 Å². The van der Waals surface area contributed by atoms with Gasteiger partial charge in [0.25, 0.3) is 0 Å². The van der Waals surface area contributed by atoms with Crippen LogP contribution >= 0.6 is 0 Å². The van der Waals surface area contributed by atoms with E-state index in [4.69, 9.17) is 15.2 Å². The molecule has 0 saturated carbocycles. The van der Waals surface area contributed by atoms with Gasteiger partial charge in [-0.15, -0.1) is 0 Å². The van der Waals surface area contributed by atoms with Crippen LogP contribution in [-0.2, 0) is 28.9 Å². The lowest BCUT2D eigenvalue weighted by atomic mass is 10.1. The molecule has 0 spiro atoms. The monoisotopic (exact) mass is 568 g/mol. The van der Waals surface area contributed by atoms with Gasteiger partial charge in [0.15, 0.2) is 12.4 Å². The Hall–Kier alpha value is -1.82. The van der Waals surface area contributed by atoms with Crippen molar-refractivity contribution in [1.29, 1.82) is 0 Å². The van der Waals surface area contributed by atoms with E-state index in [1.165, 1.54) is 114 Å². The Morgan fingerprint density at radius 1 is 0.561 bits per heavy atom. The van der Waals surface area contributed by atoms with Crippen LogP contribution in [0.2, 0.25) is 0 Å². The van der Waals surface area contributed by atoms with Gasteiger partial charge in [-0.2, -0.15) is 0 Å². The highest BCUT2D eigenvalue weighted by atomic mass is 16.5. The molecule has 0 unspecified atom stereocenters. The second kappa shape index (κ2) is 27.0. The zero-order valence-electron chi connectivity index (χ0n) is 26.3. The van der Waals surface area contributed by atoms with Crippen molar-refractivity contribution in [2.75, 3.05) is 33.0 Å². The fraction of sp³-hybridized carbons (Fsp3) is 0.722. The van der Waals surface area contributed by atoms with Crippen LogP contribution in [0.25, 0.3) is 0 Å². The van der Waals surface area contributed by atoms with Gasteiger partial charge < -0.3 is 15.2 Å². The smallest absolute Gasteiger partial charge is 0.171 e. The van der Waals surface area contributed by atoms with Crippen LogP contribution in [0, 0.1) is 0 Å². The van der Waals surface area contributed by atoms with Crippen LogP contribution in [0.5, 0.6) is 0 Å². The number of ether oxygens (including phenoxy) is 2. The third-order valence-electron chi connectivity index (χ3n) is 7.85. The lowest BCUT2D eigenvalue weighted by Gasteiger charge is -2.05. The lowest BCUT2D eigenvalue weighted by Crippen LogP contribution is -2.33. The Bertz CT molecular complexity index is 817. The summed E-state index contributed by atoms with van der Waals surface area (Å²) in [6, 6.07) is 8.61. The van der Waals surface area contributed by atoms with E-state index in [0.29, 0.717) is 0 Å². The lowest BCUT2D eigenvalue weighted by molar-refractivity contribution is -0.697. The molecule has 5 heteroatoms. The first-order valence-electron chi connectivity index (χ1n) is 17.1. The molecule has 41 heavy (non-hydrogen) atoms. The summed E-state index contributed by atoms with van der Waals surface area (Å²) in [7, 11) is 0. The molecule has 0 fully saturated rings. The van der Waals surface area contributed by atoms with Crippen LogP contribution in [0.3, 0.4) is 0 Å². The quantitative estimate of drug-likeness (QED) is 0.0794. The van der Waals surface area contributed by atoms with E-state index >= 15 is 0 Å². The predicted molar refractivity (Wildman–Crippen MR) is 172 cm³/mol. The Kier molecular flexibility index (Phi) is 23.3. The maximum Gasteiger partial charge on any atom is 0.171 e. The van der Waals surface area contributed by atoms with E-state index < -0.39 is 0 Å². The van der Waals surface area contributed by atoms with Gasteiger partial charge in [0.05, 0.1) is 0 Å². The zero-order valence-corrected chi connectivity index (χ0v) is 26.3. The van der Waals surface area contributed by atoms with Gasteiger partial charge in [0.1, 0.15) is 6.54 Å². The van der Waals surface area contributed by atoms with Crippen molar-refractivity contribution in [3.8, 4) is 0 Å². The number of nitrogens with zero attached hydrogens (tertiary/aromatic N) is 2. The van der Waals surface area contributed by atoms with Gasteiger partial charge in [0, 0.05) is 56.9 Å². The Labute approximate surface area is 252 Å². The second-order valence-electron chi connectivity index (χ2n) is 11.7. The van der Waals surface area contributed by atoms with E-state index in [1.54, 1.807) is 0 Å². The van der Waals surface area contributed by atoms with E-state index in [-0.39, 0.29) is 0 Å². The summed E-state index contributed by atoms with van der Waals surface area (Å²) in [5.74, 6) is 0. The molecule has 0 bridgehead atoms. The molecule has 0 atom stereocenters. The fourth-order valence-corrected chi connectivity index (χ4v) is 5.34. The molecule has 0 aliphatic rings. The van der Waals surface area contributed by atoms with E-state index in [0.717, 1.165) is 65.2 Å². The number of hydrogen-bond acceptors (Lipinski definition) is 4. The average molecular weight is 569 g/mol. The molecule has 2 heterocycles. The molecule has 0 amide bonds. The topological polar surface area (TPSA) is 61.2 Å². The molecule has 2 N–H and O–H groups in total. The van der Waals surface area contributed by atoms with Crippen molar-refractivity contribution in [3.05, 3.63) is 60.2 Å². The molecule has 2 rings (SSSR count). The number of nitrogens with two attached hydrogens (primary N) is 1. The normalized spacial score (nSPS) is 11.3. The number of rotatable bonds is 29. The van der Waals surface area contributed by atoms with Crippen LogP contribution in [-0.4, -0.2) is 38.0 Å². The highest BCUT2D eigenvalue weighted by Crippen LogP contribution is 2.10. The zero-order chi connectivity index (χ0) is 28.9. The van der Waals surface area contributed by atoms with Gasteiger partial charge in [0.2, 0.25) is 0 Å². The molecule has 232 valence electrons. The molecule has 0 aliphatic carbocycles. The summed E-state index contributed by atoms with van der Waals surface area (Å²) >= 11 is 0. The maximum atomic E-state index is 5.88. The summed E-state index contributed by atoms with van der Waals surface area (Å²) < 4.78 is 14.1. The number of pyridine rings is 2. The van der Waals surface area contributed by atoms with Crippen LogP contribution in [0.15, 0.2) is 49.1 Å². The number of hydrogen-bond donors (Lipinski definition) is 1. The van der Waals surface area contributed by atoms with Crippen LogP contribution < -0.4 is 10.3 Å². The molecule has 5 nitrogen and oxygen atoms in total. The Morgan fingerprint density at radius 3 is 1.66 bits per heavy atom. The first kappa shape index (κ1) is 35.4. The molecule has 0 radical (unpaired) electrons. The molecule has 0 aliphatic heterocycles.